The molecule has 2 aliphatic carbocycles. The highest BCUT2D eigenvalue weighted by atomic mass is 32.2. The van der Waals surface area contributed by atoms with Crippen molar-refractivity contribution in [2.75, 3.05) is 11.5 Å². The Labute approximate surface area is 148 Å². The van der Waals surface area contributed by atoms with Gasteiger partial charge in [-0.15, -0.1) is 0 Å². The summed E-state index contributed by atoms with van der Waals surface area (Å²) in [4.78, 5) is 19.2. The number of nitrogens with zero attached hydrogens (tertiary/aromatic N) is 2. The quantitative estimate of drug-likeness (QED) is 0.709. The molecule has 2 saturated carbocycles. The Kier molecular flexibility index (Phi) is 3.85. The molecule has 4 rings (SSSR count). The van der Waals surface area contributed by atoms with E-state index in [9.17, 15) is 13.2 Å². The van der Waals surface area contributed by atoms with Gasteiger partial charge in [0.05, 0.1) is 17.5 Å². The van der Waals surface area contributed by atoms with Gasteiger partial charge in [0.2, 0.25) is 0 Å². The van der Waals surface area contributed by atoms with Crippen LogP contribution in [0.15, 0.2) is 4.99 Å². The number of thioether (sulfide) groups is 1. The van der Waals surface area contributed by atoms with Gasteiger partial charge in [0.25, 0.3) is 5.91 Å². The number of aliphatic imine (C=N–C) groups is 1. The van der Waals surface area contributed by atoms with Crippen molar-refractivity contribution in [2.24, 2.45) is 22.2 Å². The van der Waals surface area contributed by atoms with E-state index in [0.29, 0.717) is 12.0 Å². The molecule has 0 aromatic heterocycles. The van der Waals surface area contributed by atoms with Crippen LogP contribution in [0.4, 0.5) is 0 Å². The Morgan fingerprint density at radius 3 is 2.50 bits per heavy atom. The summed E-state index contributed by atoms with van der Waals surface area (Å²) in [6.45, 7) is 5.64. The molecule has 7 heteroatoms. The van der Waals surface area contributed by atoms with Crippen LogP contribution in [0, 0.1) is 17.3 Å². The van der Waals surface area contributed by atoms with Crippen molar-refractivity contribution in [3.05, 3.63) is 0 Å². The highest BCUT2D eigenvalue weighted by Crippen LogP contribution is 2.51. The van der Waals surface area contributed by atoms with Gasteiger partial charge in [-0.2, -0.15) is 4.99 Å². The standard InChI is InChI=1S/C17H26N2O3S2/c1-17(2,3)15(20)18-16-19(12-7-10-4-5-11(12)6-10)13-8-24(21,22)9-14(13)23-16/h10-14H,4-9H2,1-3H3/t10-,11-,12+,13+,14+/m0/s1. The van der Waals surface area contributed by atoms with Crippen molar-refractivity contribution < 1.29 is 13.2 Å². The van der Waals surface area contributed by atoms with E-state index in [1.165, 1.54) is 31.0 Å². The third-order valence-electron chi connectivity index (χ3n) is 6.00. The lowest BCUT2D eigenvalue weighted by molar-refractivity contribution is -0.124. The second-order valence-corrected chi connectivity index (χ2v) is 12.3. The van der Waals surface area contributed by atoms with Gasteiger partial charge in [0.15, 0.2) is 15.0 Å². The Morgan fingerprint density at radius 2 is 1.92 bits per heavy atom. The highest BCUT2D eigenvalue weighted by Gasteiger charge is 2.54. The smallest absolute Gasteiger partial charge is 0.253 e. The number of hydrogen-bond acceptors (Lipinski definition) is 4. The molecule has 4 fully saturated rings. The number of carbonyl (C=O) groups is 1. The molecule has 5 nitrogen and oxygen atoms in total. The van der Waals surface area contributed by atoms with Crippen LogP contribution in [0.25, 0.3) is 0 Å². The fourth-order valence-corrected chi connectivity index (χ4v) is 8.76. The van der Waals surface area contributed by atoms with E-state index in [1.54, 1.807) is 0 Å². The summed E-state index contributed by atoms with van der Waals surface area (Å²) in [7, 11) is -2.96. The third kappa shape index (κ3) is 2.81. The lowest BCUT2D eigenvalue weighted by atomic mass is 9.93. The van der Waals surface area contributed by atoms with Gasteiger partial charge in [-0.05, 0) is 31.1 Å². The first kappa shape index (κ1) is 16.9. The number of hydrogen-bond donors (Lipinski definition) is 0. The number of amides is 1. The Hall–Kier alpha value is -0.560. The average molecular weight is 371 g/mol. The van der Waals surface area contributed by atoms with E-state index >= 15 is 0 Å². The zero-order valence-electron chi connectivity index (χ0n) is 14.6. The highest BCUT2D eigenvalue weighted by molar-refractivity contribution is 8.15. The van der Waals surface area contributed by atoms with Crippen LogP contribution >= 0.6 is 11.8 Å². The monoisotopic (exact) mass is 370 g/mol. The largest absolute Gasteiger partial charge is 0.343 e. The van der Waals surface area contributed by atoms with E-state index in [4.69, 9.17) is 0 Å². The van der Waals surface area contributed by atoms with Crippen LogP contribution in [0.2, 0.25) is 0 Å². The van der Waals surface area contributed by atoms with E-state index in [2.05, 4.69) is 9.89 Å². The van der Waals surface area contributed by atoms with Gasteiger partial charge in [-0.1, -0.05) is 39.0 Å². The maximum atomic E-state index is 12.4. The van der Waals surface area contributed by atoms with Gasteiger partial charge < -0.3 is 4.90 Å². The lowest BCUT2D eigenvalue weighted by Gasteiger charge is -2.36. The van der Waals surface area contributed by atoms with Crippen molar-refractivity contribution >= 4 is 32.7 Å². The molecule has 0 spiro atoms. The summed E-state index contributed by atoms with van der Waals surface area (Å²) >= 11 is 1.53. The van der Waals surface area contributed by atoms with E-state index in [-0.39, 0.29) is 28.7 Å². The van der Waals surface area contributed by atoms with Crippen LogP contribution in [0.1, 0.15) is 46.5 Å². The van der Waals surface area contributed by atoms with Crippen molar-refractivity contribution in [2.45, 2.75) is 63.8 Å². The van der Waals surface area contributed by atoms with Crippen LogP contribution < -0.4 is 0 Å². The van der Waals surface area contributed by atoms with Gasteiger partial charge in [-0.25, -0.2) is 8.42 Å². The summed E-state index contributed by atoms with van der Waals surface area (Å²) < 4.78 is 24.2. The third-order valence-corrected chi connectivity index (χ3v) is 9.23. The predicted octanol–water partition coefficient (Wildman–Crippen LogP) is 2.32. The van der Waals surface area contributed by atoms with Crippen molar-refractivity contribution in [1.82, 2.24) is 4.90 Å². The number of rotatable bonds is 1. The van der Waals surface area contributed by atoms with E-state index in [0.717, 1.165) is 17.5 Å². The molecule has 0 aromatic carbocycles. The second-order valence-electron chi connectivity index (χ2n) is 8.90. The molecule has 24 heavy (non-hydrogen) atoms. The minimum Gasteiger partial charge on any atom is -0.343 e. The number of carbonyl (C=O) groups excluding carboxylic acids is 1. The predicted molar refractivity (Wildman–Crippen MR) is 96.8 cm³/mol. The minimum atomic E-state index is -2.96. The molecule has 0 aromatic rings. The molecule has 2 bridgehead atoms. The fraction of sp³-hybridized carbons (Fsp3) is 0.882. The number of fused-ring (bicyclic) bond motifs is 3. The van der Waals surface area contributed by atoms with Crippen LogP contribution in [0.5, 0.6) is 0 Å². The molecule has 2 aliphatic heterocycles. The molecule has 2 saturated heterocycles. The summed E-state index contributed by atoms with van der Waals surface area (Å²) in [5.74, 6) is 1.76. The van der Waals surface area contributed by atoms with Crippen molar-refractivity contribution in [3.63, 3.8) is 0 Å². The maximum absolute atomic E-state index is 12.4. The first-order chi connectivity index (χ1) is 11.1. The first-order valence-electron chi connectivity index (χ1n) is 8.92. The maximum Gasteiger partial charge on any atom is 0.253 e. The molecule has 5 atom stereocenters. The summed E-state index contributed by atoms with van der Waals surface area (Å²) in [6.07, 6.45) is 4.94. The van der Waals surface area contributed by atoms with E-state index < -0.39 is 15.3 Å². The molecular weight excluding hydrogens is 344 g/mol. The van der Waals surface area contributed by atoms with E-state index in [1.807, 2.05) is 20.8 Å². The minimum absolute atomic E-state index is 0.0101. The zero-order chi connectivity index (χ0) is 17.3. The Balaban J connectivity index is 1.66. The van der Waals surface area contributed by atoms with Crippen LogP contribution in [-0.4, -0.2) is 53.2 Å². The van der Waals surface area contributed by atoms with Crippen molar-refractivity contribution in [3.8, 4) is 0 Å². The SMILES string of the molecule is CC(C)(C)C(=O)N=C1S[C@@H]2CS(=O)(=O)C[C@H]2N1[C@@H]1C[C@H]2CC[C@H]1C2. The lowest BCUT2D eigenvalue weighted by Crippen LogP contribution is -2.47. The van der Waals surface area contributed by atoms with Crippen LogP contribution in [-0.2, 0) is 14.6 Å². The van der Waals surface area contributed by atoms with Gasteiger partial charge in [0.1, 0.15) is 0 Å². The van der Waals surface area contributed by atoms with Crippen molar-refractivity contribution in [1.29, 1.82) is 0 Å². The topological polar surface area (TPSA) is 66.8 Å². The van der Waals surface area contributed by atoms with Gasteiger partial charge in [0, 0.05) is 16.7 Å². The molecule has 0 N–H and O–H groups in total. The molecular formula is C17H26N2O3S2. The zero-order valence-corrected chi connectivity index (χ0v) is 16.2. The molecule has 1 amide bonds. The average Bonchev–Trinajstić information content (AvgIpc) is 3.16. The van der Waals surface area contributed by atoms with Crippen LogP contribution in [0.3, 0.4) is 0 Å². The fourth-order valence-electron chi connectivity index (χ4n) is 4.79. The number of sulfone groups is 1. The Morgan fingerprint density at radius 1 is 1.17 bits per heavy atom. The molecule has 4 aliphatic rings. The Bertz CT molecular complexity index is 695. The first-order valence-corrected chi connectivity index (χ1v) is 11.6. The van der Waals surface area contributed by atoms with Gasteiger partial charge in [-0.3, -0.25) is 4.79 Å². The summed E-state index contributed by atoms with van der Waals surface area (Å²) in [6, 6.07) is 0.391. The molecule has 0 unspecified atom stereocenters. The number of amidine groups is 1. The normalized spacial score (nSPS) is 42.0. The summed E-state index contributed by atoms with van der Waals surface area (Å²) in [5.41, 5.74) is -0.502. The molecule has 0 radical (unpaired) electrons. The molecule has 134 valence electrons. The summed E-state index contributed by atoms with van der Waals surface area (Å²) in [5, 5.41) is 0.831. The second kappa shape index (κ2) is 5.47. The molecule has 2 heterocycles. The van der Waals surface area contributed by atoms with Gasteiger partial charge >= 0.3 is 0 Å².